The molecule has 0 saturated heterocycles. The average Bonchev–Trinajstić information content (AvgIpc) is 2.61. The number of hydrogen-bond donors (Lipinski definition) is 2. The molecule has 0 radical (unpaired) electrons. The second-order valence-electron chi connectivity index (χ2n) is 5.27. The molecule has 3 rings (SSSR count). The molecule has 120 valence electrons. The van der Waals surface area contributed by atoms with Crippen LogP contribution in [0.5, 0.6) is 5.75 Å². The standard InChI is InChI=1S/C19H18N4O/c20-19(21)23-22-12-14-8-10-17(11-9-14)24-13-16-6-3-5-15-4-1-2-7-18(15)16/h1-12H,13H2,(H4,20,21,23). The summed E-state index contributed by atoms with van der Waals surface area (Å²) in [5.41, 5.74) is 12.5. The van der Waals surface area contributed by atoms with Crippen molar-refractivity contribution in [3.05, 3.63) is 77.9 Å². The second-order valence-corrected chi connectivity index (χ2v) is 5.27. The third-order valence-electron chi connectivity index (χ3n) is 3.53. The molecular formula is C19H18N4O. The second kappa shape index (κ2) is 7.28. The summed E-state index contributed by atoms with van der Waals surface area (Å²) in [6.07, 6.45) is 1.58. The molecular weight excluding hydrogens is 300 g/mol. The summed E-state index contributed by atoms with van der Waals surface area (Å²) in [5.74, 6) is 0.725. The normalized spacial score (nSPS) is 10.8. The van der Waals surface area contributed by atoms with Gasteiger partial charge in [0.2, 0.25) is 5.96 Å². The Balaban J connectivity index is 1.68. The first-order valence-corrected chi connectivity index (χ1v) is 7.54. The number of rotatable bonds is 5. The SMILES string of the molecule is NC(N)=NN=Cc1ccc(OCc2cccc3ccccc23)cc1. The Morgan fingerprint density at radius 1 is 0.917 bits per heavy atom. The fourth-order valence-electron chi connectivity index (χ4n) is 2.39. The summed E-state index contributed by atoms with van der Waals surface area (Å²) in [6, 6.07) is 22.1. The van der Waals surface area contributed by atoms with Crippen molar-refractivity contribution in [3.63, 3.8) is 0 Å². The highest BCUT2D eigenvalue weighted by Gasteiger charge is 2.01. The number of fused-ring (bicyclic) bond motifs is 1. The number of benzene rings is 3. The molecule has 0 saturated carbocycles. The van der Waals surface area contributed by atoms with Crippen LogP contribution in [0.15, 0.2) is 76.9 Å². The maximum absolute atomic E-state index is 5.89. The van der Waals surface area contributed by atoms with Gasteiger partial charge in [-0.15, -0.1) is 5.10 Å². The lowest BCUT2D eigenvalue weighted by Crippen LogP contribution is -2.21. The zero-order valence-electron chi connectivity index (χ0n) is 13.1. The first-order chi connectivity index (χ1) is 11.7. The lowest BCUT2D eigenvalue weighted by atomic mass is 10.1. The van der Waals surface area contributed by atoms with Gasteiger partial charge in [0.15, 0.2) is 0 Å². The quantitative estimate of drug-likeness (QED) is 0.431. The molecule has 0 unspecified atom stereocenters. The molecule has 3 aromatic carbocycles. The van der Waals surface area contributed by atoms with Gasteiger partial charge < -0.3 is 16.2 Å². The van der Waals surface area contributed by atoms with E-state index in [0.717, 1.165) is 16.9 Å². The number of hydrogen-bond acceptors (Lipinski definition) is 3. The zero-order chi connectivity index (χ0) is 16.8. The van der Waals surface area contributed by atoms with E-state index in [0.29, 0.717) is 6.61 Å². The third kappa shape index (κ3) is 3.89. The molecule has 5 nitrogen and oxygen atoms in total. The Morgan fingerprint density at radius 3 is 2.46 bits per heavy atom. The summed E-state index contributed by atoms with van der Waals surface area (Å²) in [4.78, 5) is 0. The average molecular weight is 318 g/mol. The molecule has 0 heterocycles. The van der Waals surface area contributed by atoms with Crippen LogP contribution in [-0.4, -0.2) is 12.2 Å². The molecule has 0 fully saturated rings. The number of nitrogens with zero attached hydrogens (tertiary/aromatic N) is 2. The van der Waals surface area contributed by atoms with E-state index in [-0.39, 0.29) is 5.96 Å². The van der Waals surface area contributed by atoms with Crippen LogP contribution in [0.3, 0.4) is 0 Å². The highest BCUT2D eigenvalue weighted by Crippen LogP contribution is 2.20. The van der Waals surface area contributed by atoms with Crippen LogP contribution in [0, 0.1) is 0 Å². The maximum atomic E-state index is 5.89. The van der Waals surface area contributed by atoms with Crippen molar-refractivity contribution < 1.29 is 4.74 Å². The van der Waals surface area contributed by atoms with E-state index in [1.165, 1.54) is 10.8 Å². The Morgan fingerprint density at radius 2 is 1.67 bits per heavy atom. The Hall–Kier alpha value is -3.34. The topological polar surface area (TPSA) is 86.0 Å². The summed E-state index contributed by atoms with van der Waals surface area (Å²) >= 11 is 0. The lowest BCUT2D eigenvalue weighted by Gasteiger charge is -2.09. The van der Waals surface area contributed by atoms with Crippen molar-refractivity contribution in [1.29, 1.82) is 0 Å². The molecule has 0 atom stereocenters. The fraction of sp³-hybridized carbons (Fsp3) is 0.0526. The molecule has 0 amide bonds. The van der Waals surface area contributed by atoms with Crippen LogP contribution in [-0.2, 0) is 6.61 Å². The summed E-state index contributed by atoms with van der Waals surface area (Å²) in [7, 11) is 0. The minimum absolute atomic E-state index is 0.0682. The molecule has 3 aromatic rings. The molecule has 5 heteroatoms. The van der Waals surface area contributed by atoms with Crippen molar-refractivity contribution in [1.82, 2.24) is 0 Å². The van der Waals surface area contributed by atoms with Crippen LogP contribution in [0.25, 0.3) is 10.8 Å². The Bertz CT molecular complexity index is 876. The maximum Gasteiger partial charge on any atom is 0.211 e. The number of ether oxygens (including phenoxy) is 1. The molecule has 24 heavy (non-hydrogen) atoms. The third-order valence-corrected chi connectivity index (χ3v) is 3.53. The molecule has 0 aromatic heterocycles. The van der Waals surface area contributed by atoms with Gasteiger partial charge in [-0.1, -0.05) is 42.5 Å². The van der Waals surface area contributed by atoms with Gasteiger partial charge in [0.25, 0.3) is 0 Å². The van der Waals surface area contributed by atoms with Gasteiger partial charge in [-0.25, -0.2) is 0 Å². The highest BCUT2D eigenvalue weighted by atomic mass is 16.5. The highest BCUT2D eigenvalue weighted by molar-refractivity contribution is 5.85. The number of guanidine groups is 1. The summed E-state index contributed by atoms with van der Waals surface area (Å²) < 4.78 is 5.89. The van der Waals surface area contributed by atoms with Gasteiger partial charge in [0.05, 0.1) is 6.21 Å². The first-order valence-electron chi connectivity index (χ1n) is 7.54. The van der Waals surface area contributed by atoms with Crippen molar-refractivity contribution in [2.24, 2.45) is 21.7 Å². The van der Waals surface area contributed by atoms with Crippen LogP contribution in [0.4, 0.5) is 0 Å². The van der Waals surface area contributed by atoms with E-state index in [1.807, 2.05) is 42.5 Å². The summed E-state index contributed by atoms with van der Waals surface area (Å²) in [5, 5.41) is 9.75. The van der Waals surface area contributed by atoms with Crippen LogP contribution >= 0.6 is 0 Å². The first kappa shape index (κ1) is 15.6. The van der Waals surface area contributed by atoms with E-state index < -0.39 is 0 Å². The monoisotopic (exact) mass is 318 g/mol. The molecule has 0 bridgehead atoms. The van der Waals surface area contributed by atoms with Gasteiger partial charge in [-0.3, -0.25) is 0 Å². The minimum atomic E-state index is -0.0682. The molecule has 0 aliphatic heterocycles. The van der Waals surface area contributed by atoms with E-state index >= 15 is 0 Å². The van der Waals surface area contributed by atoms with E-state index in [2.05, 4.69) is 34.5 Å². The van der Waals surface area contributed by atoms with Crippen LogP contribution < -0.4 is 16.2 Å². The number of nitrogens with two attached hydrogens (primary N) is 2. The fourth-order valence-corrected chi connectivity index (χ4v) is 2.39. The summed E-state index contributed by atoms with van der Waals surface area (Å²) in [6.45, 7) is 0.517. The Kier molecular flexibility index (Phi) is 4.72. The van der Waals surface area contributed by atoms with Gasteiger partial charge in [-0.05, 0) is 46.2 Å². The predicted octanol–water partition coefficient (Wildman–Crippen LogP) is 3.03. The molecule has 0 spiro atoms. The van der Waals surface area contributed by atoms with E-state index in [1.54, 1.807) is 6.21 Å². The van der Waals surface area contributed by atoms with Gasteiger partial charge >= 0.3 is 0 Å². The molecule has 0 aliphatic rings. The lowest BCUT2D eigenvalue weighted by molar-refractivity contribution is 0.307. The van der Waals surface area contributed by atoms with E-state index in [9.17, 15) is 0 Å². The molecule has 4 N–H and O–H groups in total. The van der Waals surface area contributed by atoms with Crippen molar-refractivity contribution in [3.8, 4) is 5.75 Å². The van der Waals surface area contributed by atoms with Crippen molar-refractivity contribution in [2.75, 3.05) is 0 Å². The van der Waals surface area contributed by atoms with Gasteiger partial charge in [-0.2, -0.15) is 5.10 Å². The largest absolute Gasteiger partial charge is 0.489 e. The van der Waals surface area contributed by atoms with Crippen molar-refractivity contribution in [2.45, 2.75) is 6.61 Å². The predicted molar refractivity (Wildman–Crippen MR) is 98.1 cm³/mol. The Labute approximate surface area is 140 Å². The molecule has 0 aliphatic carbocycles. The van der Waals surface area contributed by atoms with E-state index in [4.69, 9.17) is 16.2 Å². The van der Waals surface area contributed by atoms with Crippen LogP contribution in [0.2, 0.25) is 0 Å². The minimum Gasteiger partial charge on any atom is -0.489 e. The van der Waals surface area contributed by atoms with Gasteiger partial charge in [0, 0.05) is 0 Å². The zero-order valence-corrected chi connectivity index (χ0v) is 13.1. The van der Waals surface area contributed by atoms with Crippen LogP contribution in [0.1, 0.15) is 11.1 Å². The van der Waals surface area contributed by atoms with Gasteiger partial charge in [0.1, 0.15) is 12.4 Å². The van der Waals surface area contributed by atoms with Crippen molar-refractivity contribution >= 4 is 22.9 Å². The smallest absolute Gasteiger partial charge is 0.211 e.